The number of hydrogen-bond acceptors (Lipinski definition) is 8. The summed E-state index contributed by atoms with van der Waals surface area (Å²) in [5, 5.41) is 5.47. The van der Waals surface area contributed by atoms with Crippen LogP contribution in [-0.2, 0) is 11.2 Å². The highest BCUT2D eigenvalue weighted by molar-refractivity contribution is 7.17. The second kappa shape index (κ2) is 13.5. The first-order chi connectivity index (χ1) is 25.2. The summed E-state index contributed by atoms with van der Waals surface area (Å²) in [6.45, 7) is 5.33. The van der Waals surface area contributed by atoms with E-state index in [1.165, 1.54) is 46.7 Å². The zero-order chi connectivity index (χ0) is 36.0. The number of hydrogen-bond donors (Lipinski definition) is 2. The normalized spacial score (nSPS) is 16.0. The number of aryl methyl sites for hydroxylation is 1. The number of fused-ring (bicyclic) bond motifs is 3. The number of carbonyl (C=O) groups is 3. The number of halogens is 2. The number of benzene rings is 2. The van der Waals surface area contributed by atoms with Gasteiger partial charge < -0.3 is 25.2 Å². The van der Waals surface area contributed by atoms with Crippen molar-refractivity contribution in [2.24, 2.45) is 5.41 Å². The van der Waals surface area contributed by atoms with E-state index in [0.29, 0.717) is 45.2 Å². The van der Waals surface area contributed by atoms with Crippen LogP contribution in [0.4, 0.5) is 31.8 Å². The van der Waals surface area contributed by atoms with Crippen LogP contribution in [0.15, 0.2) is 79.0 Å². The molecule has 0 unspecified atom stereocenters. The summed E-state index contributed by atoms with van der Waals surface area (Å²) in [5.74, 6) is -1.82. The highest BCUT2D eigenvalue weighted by Crippen LogP contribution is 2.44. The van der Waals surface area contributed by atoms with Gasteiger partial charge >= 0.3 is 0 Å². The van der Waals surface area contributed by atoms with Gasteiger partial charge in [0.15, 0.2) is 11.6 Å². The predicted octanol–water partition coefficient (Wildman–Crippen LogP) is 7.12. The van der Waals surface area contributed by atoms with Gasteiger partial charge in [-0.2, -0.15) is 0 Å². The summed E-state index contributed by atoms with van der Waals surface area (Å²) < 4.78 is 34.4. The molecule has 3 aromatic heterocycles. The zero-order valence-electron chi connectivity index (χ0n) is 28.2. The maximum atomic E-state index is 14.7. The maximum absolute atomic E-state index is 14.7. The monoisotopic (exact) mass is 720 g/mol. The summed E-state index contributed by atoms with van der Waals surface area (Å²) in [6, 6.07) is 18.8. The van der Waals surface area contributed by atoms with Crippen LogP contribution in [0, 0.1) is 24.0 Å². The molecular formula is C39H34F2N6O4S. The van der Waals surface area contributed by atoms with Crippen LogP contribution in [0.2, 0.25) is 0 Å². The lowest BCUT2D eigenvalue weighted by Crippen LogP contribution is -2.59. The minimum absolute atomic E-state index is 0.173. The first-order valence-corrected chi connectivity index (χ1v) is 17.9. The lowest BCUT2D eigenvalue weighted by atomic mass is 9.73. The van der Waals surface area contributed by atoms with E-state index in [4.69, 9.17) is 9.72 Å². The van der Waals surface area contributed by atoms with Crippen LogP contribution in [-0.4, -0.2) is 60.5 Å². The Morgan fingerprint density at radius 3 is 2.48 bits per heavy atom. The summed E-state index contributed by atoms with van der Waals surface area (Å²) in [5.41, 5.74) is 4.18. The van der Waals surface area contributed by atoms with Crippen LogP contribution in [0.3, 0.4) is 0 Å². The Morgan fingerprint density at radius 2 is 1.71 bits per heavy atom. The van der Waals surface area contributed by atoms with Crippen molar-refractivity contribution in [3.63, 3.8) is 0 Å². The molecule has 8 rings (SSSR count). The van der Waals surface area contributed by atoms with Crippen LogP contribution >= 0.6 is 11.3 Å². The van der Waals surface area contributed by atoms with Crippen molar-refractivity contribution in [1.29, 1.82) is 0 Å². The number of rotatable bonds is 6. The van der Waals surface area contributed by atoms with Gasteiger partial charge in [0.1, 0.15) is 11.6 Å². The lowest BCUT2D eigenvalue weighted by molar-refractivity contribution is -0.000519. The Labute approximate surface area is 302 Å². The fourth-order valence-electron chi connectivity index (χ4n) is 7.13. The molecule has 10 nitrogen and oxygen atoms in total. The molecule has 2 saturated heterocycles. The second-order valence-electron chi connectivity index (χ2n) is 13.4. The third-order valence-electron chi connectivity index (χ3n) is 9.92. The molecule has 2 aromatic carbocycles. The predicted molar refractivity (Wildman–Crippen MR) is 195 cm³/mol. The first kappa shape index (κ1) is 33.6. The van der Waals surface area contributed by atoms with E-state index in [9.17, 15) is 23.2 Å². The van der Waals surface area contributed by atoms with Gasteiger partial charge in [0.25, 0.3) is 17.7 Å². The van der Waals surface area contributed by atoms with E-state index < -0.39 is 17.5 Å². The largest absolute Gasteiger partial charge is 0.381 e. The molecular weight excluding hydrogens is 687 g/mol. The number of aromatic nitrogens is 2. The smallest absolute Gasteiger partial charge is 0.266 e. The Bertz CT molecular complexity index is 2210. The van der Waals surface area contributed by atoms with Crippen LogP contribution in [0.25, 0.3) is 10.4 Å². The summed E-state index contributed by atoms with van der Waals surface area (Å²) in [6.07, 6.45) is 3.79. The molecule has 6 heterocycles. The molecule has 3 aliphatic heterocycles. The molecule has 0 bridgehead atoms. The fourth-order valence-corrected chi connectivity index (χ4v) is 8.27. The van der Waals surface area contributed by atoms with Gasteiger partial charge in [0, 0.05) is 71.8 Å². The van der Waals surface area contributed by atoms with E-state index in [-0.39, 0.29) is 29.6 Å². The van der Waals surface area contributed by atoms with E-state index in [0.717, 1.165) is 55.3 Å². The average molecular weight is 721 g/mol. The molecule has 5 aromatic rings. The number of nitrogens with zero attached hydrogens (tertiary/aromatic N) is 4. The molecule has 3 aliphatic rings. The molecule has 2 N–H and O–H groups in total. The standard InChI is InChI=1S/C39H34F2N6O4S/c1-23-4-10-29(35(43-23)46-21-39(22-46)13-17-51-18-14-39)36(48)44-27-8-5-24(6-9-27)38(50)47-16-12-25-19-32(37(49)45-34-30(41)3-2-15-42-34)52-33(25)28-11-7-26(40)20-31(28)47/h2-11,15,19-20H,12-14,16-18,21-22H2,1H3,(H,44,48)(H,42,45,49). The Kier molecular flexibility index (Phi) is 8.76. The number of pyridine rings is 2. The SMILES string of the molecule is Cc1ccc(C(=O)Nc2ccc(C(=O)N3CCc4cc(C(=O)Nc5ncccc5F)sc4-c4ccc(F)cc43)cc2)c(N2CC3(CCOCC3)C2)n1. The van der Waals surface area contributed by atoms with Crippen molar-refractivity contribution in [3.05, 3.63) is 118 Å². The van der Waals surface area contributed by atoms with Crippen molar-refractivity contribution in [2.75, 3.05) is 53.3 Å². The Morgan fingerprint density at radius 1 is 0.923 bits per heavy atom. The number of anilines is 4. The quantitative estimate of drug-likeness (QED) is 0.192. The van der Waals surface area contributed by atoms with Crippen molar-refractivity contribution < 1.29 is 27.9 Å². The second-order valence-corrected chi connectivity index (χ2v) is 14.5. The Hall–Kier alpha value is -5.53. The zero-order valence-corrected chi connectivity index (χ0v) is 29.1. The highest BCUT2D eigenvalue weighted by Gasteiger charge is 2.45. The summed E-state index contributed by atoms with van der Waals surface area (Å²) in [7, 11) is 0. The summed E-state index contributed by atoms with van der Waals surface area (Å²) in [4.78, 5) is 53.9. The number of nitrogens with one attached hydrogen (secondary N) is 2. The van der Waals surface area contributed by atoms with Crippen molar-refractivity contribution in [1.82, 2.24) is 9.97 Å². The van der Waals surface area contributed by atoms with Gasteiger partial charge in [0.05, 0.1) is 16.1 Å². The van der Waals surface area contributed by atoms with Crippen LogP contribution in [0.5, 0.6) is 0 Å². The van der Waals surface area contributed by atoms with Gasteiger partial charge in [0.2, 0.25) is 0 Å². The van der Waals surface area contributed by atoms with Crippen molar-refractivity contribution >= 4 is 52.1 Å². The van der Waals surface area contributed by atoms with E-state index >= 15 is 0 Å². The molecule has 1 spiro atoms. The number of ether oxygens (including phenoxy) is 1. The molecule has 0 saturated carbocycles. The van der Waals surface area contributed by atoms with Crippen LogP contribution in [0.1, 0.15) is 54.5 Å². The average Bonchev–Trinajstić information content (AvgIpc) is 3.50. The number of amides is 3. The topological polar surface area (TPSA) is 117 Å². The van der Waals surface area contributed by atoms with Gasteiger partial charge in [-0.25, -0.2) is 18.7 Å². The molecule has 0 radical (unpaired) electrons. The summed E-state index contributed by atoms with van der Waals surface area (Å²) >= 11 is 1.18. The number of carbonyl (C=O) groups excluding carboxylic acids is 3. The highest BCUT2D eigenvalue weighted by atomic mass is 32.1. The third kappa shape index (κ3) is 6.41. The minimum atomic E-state index is -0.650. The van der Waals surface area contributed by atoms with Gasteiger partial charge in [-0.1, -0.05) is 0 Å². The molecule has 52 heavy (non-hydrogen) atoms. The van der Waals surface area contributed by atoms with E-state index in [1.54, 1.807) is 42.5 Å². The minimum Gasteiger partial charge on any atom is -0.381 e. The fraction of sp³-hybridized carbons (Fsp3) is 0.256. The third-order valence-corrected chi connectivity index (χ3v) is 11.1. The van der Waals surface area contributed by atoms with Gasteiger partial charge in [-0.15, -0.1) is 11.3 Å². The Balaban J connectivity index is 0.987. The van der Waals surface area contributed by atoms with Crippen molar-refractivity contribution in [3.8, 4) is 10.4 Å². The molecule has 13 heteroatoms. The van der Waals surface area contributed by atoms with Crippen molar-refractivity contribution in [2.45, 2.75) is 26.2 Å². The van der Waals surface area contributed by atoms with Crippen LogP contribution < -0.4 is 20.4 Å². The maximum Gasteiger partial charge on any atom is 0.266 e. The molecule has 0 aliphatic carbocycles. The van der Waals surface area contributed by atoms with Gasteiger partial charge in [-0.05, 0) is 105 Å². The number of thiophene rings is 1. The molecule has 0 atom stereocenters. The molecule has 3 amide bonds. The van der Waals surface area contributed by atoms with E-state index in [1.807, 2.05) is 13.0 Å². The van der Waals surface area contributed by atoms with E-state index in [2.05, 4.69) is 20.5 Å². The van der Waals surface area contributed by atoms with Gasteiger partial charge in [-0.3, -0.25) is 14.4 Å². The molecule has 2 fully saturated rings. The first-order valence-electron chi connectivity index (χ1n) is 17.0. The molecule has 264 valence electrons. The lowest BCUT2D eigenvalue weighted by Gasteiger charge is -2.53.